The molecule has 1 aliphatic heterocycles. The van der Waals surface area contributed by atoms with E-state index in [0.29, 0.717) is 24.0 Å². The monoisotopic (exact) mass is 297 g/mol. The number of amides is 1. The number of hydrogen-bond acceptors (Lipinski definition) is 5. The minimum absolute atomic E-state index is 0.0145. The van der Waals surface area contributed by atoms with Crippen molar-refractivity contribution in [2.75, 3.05) is 18.1 Å². The average Bonchev–Trinajstić information content (AvgIpc) is 2.76. The minimum Gasteiger partial charge on any atom is -0.484 e. The van der Waals surface area contributed by atoms with Crippen molar-refractivity contribution in [2.24, 2.45) is 0 Å². The molecule has 1 amide bonds. The molecule has 20 heavy (non-hydrogen) atoms. The number of carbonyl (C=O) groups excluding carboxylic acids is 2. The lowest BCUT2D eigenvalue weighted by atomic mass is 10.2. The number of rotatable bonds is 5. The van der Waals surface area contributed by atoms with E-state index in [0.717, 1.165) is 0 Å². The Morgan fingerprint density at radius 2 is 2.25 bits per heavy atom. The van der Waals surface area contributed by atoms with Crippen LogP contribution in [0.15, 0.2) is 24.3 Å². The third-order valence-electron chi connectivity index (χ3n) is 2.96. The molecule has 0 spiro atoms. The lowest BCUT2D eigenvalue weighted by Gasteiger charge is -2.11. The summed E-state index contributed by atoms with van der Waals surface area (Å²) in [7, 11) is -3.01. The van der Waals surface area contributed by atoms with E-state index < -0.39 is 9.84 Å². The Kier molecular flexibility index (Phi) is 4.39. The third kappa shape index (κ3) is 4.06. The summed E-state index contributed by atoms with van der Waals surface area (Å²) in [4.78, 5) is 22.2. The molecule has 1 aliphatic rings. The van der Waals surface area contributed by atoms with Gasteiger partial charge in [-0.15, -0.1) is 0 Å². The summed E-state index contributed by atoms with van der Waals surface area (Å²) in [6.45, 7) is -0.209. The normalized spacial score (nSPS) is 20.3. The number of nitrogens with one attached hydrogen (secondary N) is 1. The molecule has 7 heteroatoms. The van der Waals surface area contributed by atoms with Gasteiger partial charge in [0.2, 0.25) is 0 Å². The van der Waals surface area contributed by atoms with Gasteiger partial charge in [-0.1, -0.05) is 12.1 Å². The summed E-state index contributed by atoms with van der Waals surface area (Å²) in [6, 6.07) is 6.11. The largest absolute Gasteiger partial charge is 0.484 e. The molecule has 1 aromatic carbocycles. The zero-order valence-electron chi connectivity index (χ0n) is 10.7. The maximum atomic E-state index is 11.6. The molecular weight excluding hydrogens is 282 g/mol. The number of benzene rings is 1. The van der Waals surface area contributed by atoms with E-state index in [-0.39, 0.29) is 30.1 Å². The van der Waals surface area contributed by atoms with Crippen molar-refractivity contribution < 1.29 is 22.7 Å². The Morgan fingerprint density at radius 3 is 2.90 bits per heavy atom. The van der Waals surface area contributed by atoms with Crippen molar-refractivity contribution in [1.29, 1.82) is 0 Å². The van der Waals surface area contributed by atoms with Crippen LogP contribution in [0.3, 0.4) is 0 Å². The van der Waals surface area contributed by atoms with E-state index in [9.17, 15) is 18.0 Å². The van der Waals surface area contributed by atoms with Gasteiger partial charge in [-0.3, -0.25) is 9.59 Å². The molecule has 0 saturated carbocycles. The van der Waals surface area contributed by atoms with Crippen LogP contribution in [0, 0.1) is 0 Å². The first kappa shape index (κ1) is 14.5. The molecule has 1 N–H and O–H groups in total. The molecule has 1 atom stereocenters. The zero-order chi connectivity index (χ0) is 14.6. The number of hydrogen-bond donors (Lipinski definition) is 1. The highest BCUT2D eigenvalue weighted by Crippen LogP contribution is 2.13. The van der Waals surface area contributed by atoms with E-state index in [1.807, 2.05) is 0 Å². The van der Waals surface area contributed by atoms with Gasteiger partial charge in [0.1, 0.15) is 12.0 Å². The first-order chi connectivity index (χ1) is 9.48. The van der Waals surface area contributed by atoms with Crippen LogP contribution < -0.4 is 10.1 Å². The predicted molar refractivity (Wildman–Crippen MR) is 72.5 cm³/mol. The van der Waals surface area contributed by atoms with Gasteiger partial charge in [0.05, 0.1) is 11.5 Å². The Balaban J connectivity index is 1.82. The lowest BCUT2D eigenvalue weighted by Crippen LogP contribution is -2.38. The van der Waals surface area contributed by atoms with Crippen molar-refractivity contribution >= 4 is 22.0 Å². The van der Waals surface area contributed by atoms with E-state index in [4.69, 9.17) is 4.74 Å². The summed E-state index contributed by atoms with van der Waals surface area (Å²) in [5.74, 6) is 0.145. The van der Waals surface area contributed by atoms with Gasteiger partial charge in [0.15, 0.2) is 16.4 Å². The van der Waals surface area contributed by atoms with Crippen LogP contribution in [0.25, 0.3) is 0 Å². The van der Waals surface area contributed by atoms with Crippen LogP contribution in [0.5, 0.6) is 5.75 Å². The quantitative estimate of drug-likeness (QED) is 0.783. The van der Waals surface area contributed by atoms with Gasteiger partial charge >= 0.3 is 0 Å². The Morgan fingerprint density at radius 1 is 1.45 bits per heavy atom. The zero-order valence-corrected chi connectivity index (χ0v) is 11.6. The molecule has 1 heterocycles. The molecule has 1 fully saturated rings. The number of sulfone groups is 1. The average molecular weight is 297 g/mol. The molecular formula is C13H15NO5S. The second-order valence-electron chi connectivity index (χ2n) is 4.65. The van der Waals surface area contributed by atoms with Crippen molar-refractivity contribution in [3.63, 3.8) is 0 Å². The second-order valence-corrected chi connectivity index (χ2v) is 6.88. The molecule has 1 saturated heterocycles. The molecule has 0 aromatic heterocycles. The summed E-state index contributed by atoms with van der Waals surface area (Å²) < 4.78 is 27.8. The van der Waals surface area contributed by atoms with E-state index in [1.54, 1.807) is 18.2 Å². The van der Waals surface area contributed by atoms with Crippen molar-refractivity contribution in [3.8, 4) is 5.75 Å². The van der Waals surface area contributed by atoms with Crippen molar-refractivity contribution in [2.45, 2.75) is 12.5 Å². The van der Waals surface area contributed by atoms with Gasteiger partial charge in [-0.25, -0.2) is 8.42 Å². The Bertz CT molecular complexity index is 611. The lowest BCUT2D eigenvalue weighted by molar-refractivity contribution is -0.123. The fourth-order valence-corrected chi connectivity index (χ4v) is 3.68. The van der Waals surface area contributed by atoms with E-state index in [1.165, 1.54) is 6.07 Å². The molecule has 108 valence electrons. The summed E-state index contributed by atoms with van der Waals surface area (Å²) in [5, 5.41) is 2.62. The van der Waals surface area contributed by atoms with Crippen LogP contribution in [-0.4, -0.2) is 44.8 Å². The van der Waals surface area contributed by atoms with Gasteiger partial charge in [-0.05, 0) is 18.6 Å². The molecule has 1 aromatic rings. The number of carbonyl (C=O) groups is 2. The minimum atomic E-state index is -3.01. The maximum absolute atomic E-state index is 11.6. The van der Waals surface area contributed by atoms with Gasteiger partial charge in [0, 0.05) is 11.6 Å². The molecule has 2 rings (SSSR count). The van der Waals surface area contributed by atoms with E-state index >= 15 is 0 Å². The maximum Gasteiger partial charge on any atom is 0.258 e. The molecule has 6 nitrogen and oxygen atoms in total. The van der Waals surface area contributed by atoms with Crippen LogP contribution in [0.2, 0.25) is 0 Å². The highest BCUT2D eigenvalue weighted by molar-refractivity contribution is 7.91. The second kappa shape index (κ2) is 6.04. The highest BCUT2D eigenvalue weighted by atomic mass is 32.2. The van der Waals surface area contributed by atoms with Gasteiger partial charge < -0.3 is 10.1 Å². The Labute approximate surface area is 117 Å². The summed E-state index contributed by atoms with van der Waals surface area (Å²) in [5.41, 5.74) is 0.463. The fraction of sp³-hybridized carbons (Fsp3) is 0.385. The molecule has 0 aliphatic carbocycles. The third-order valence-corrected chi connectivity index (χ3v) is 4.73. The number of aldehydes is 1. The topological polar surface area (TPSA) is 89.5 Å². The molecule has 0 radical (unpaired) electrons. The molecule has 0 unspecified atom stereocenters. The first-order valence-corrected chi connectivity index (χ1v) is 7.98. The predicted octanol–water partition coefficient (Wildman–Crippen LogP) is 0.181. The smallest absolute Gasteiger partial charge is 0.258 e. The van der Waals surface area contributed by atoms with Gasteiger partial charge in [-0.2, -0.15) is 0 Å². The van der Waals surface area contributed by atoms with Crippen LogP contribution in [0.1, 0.15) is 16.8 Å². The van der Waals surface area contributed by atoms with Crippen LogP contribution in [-0.2, 0) is 14.6 Å². The van der Waals surface area contributed by atoms with Crippen LogP contribution in [0.4, 0.5) is 0 Å². The van der Waals surface area contributed by atoms with E-state index in [2.05, 4.69) is 5.32 Å². The number of ether oxygens (including phenoxy) is 1. The first-order valence-electron chi connectivity index (χ1n) is 6.16. The standard InChI is InChI=1S/C13H15NO5S/c15-7-10-2-1-3-12(6-10)19-8-13(16)14-11-4-5-20(17,18)9-11/h1-3,6-7,11H,4-5,8-9H2,(H,14,16)/t11-/m1/s1. The fourth-order valence-electron chi connectivity index (χ4n) is 2.00. The highest BCUT2D eigenvalue weighted by Gasteiger charge is 2.28. The molecule has 0 bridgehead atoms. The summed E-state index contributed by atoms with van der Waals surface area (Å²) >= 11 is 0. The summed E-state index contributed by atoms with van der Waals surface area (Å²) in [6.07, 6.45) is 1.13. The SMILES string of the molecule is O=Cc1cccc(OCC(=O)N[C@@H]2CCS(=O)(=O)C2)c1. The van der Waals surface area contributed by atoms with Gasteiger partial charge in [0.25, 0.3) is 5.91 Å². The van der Waals surface area contributed by atoms with Crippen molar-refractivity contribution in [3.05, 3.63) is 29.8 Å². The van der Waals surface area contributed by atoms with Crippen molar-refractivity contribution in [1.82, 2.24) is 5.32 Å². The van der Waals surface area contributed by atoms with Crippen LogP contribution >= 0.6 is 0 Å². The Hall–Kier alpha value is -1.89.